The van der Waals surface area contributed by atoms with Crippen LogP contribution >= 0.6 is 8.24 Å². The summed E-state index contributed by atoms with van der Waals surface area (Å²) in [6, 6.07) is 12.4. The normalized spacial score (nSPS) is 12.4. The summed E-state index contributed by atoms with van der Waals surface area (Å²) in [7, 11) is 1.19. The Morgan fingerprint density at radius 2 is 1.00 bits per heavy atom. The molecule has 4 aromatic carbocycles. The highest BCUT2D eigenvalue weighted by Crippen LogP contribution is 2.53. The zero-order valence-corrected chi connectivity index (χ0v) is 39.2. The van der Waals surface area contributed by atoms with Gasteiger partial charge >= 0.3 is 14.4 Å². The molecule has 0 fully saturated rings. The van der Waals surface area contributed by atoms with E-state index in [1.54, 1.807) is 14.2 Å². The van der Waals surface area contributed by atoms with Gasteiger partial charge in [-0.05, 0) is 129 Å². The van der Waals surface area contributed by atoms with E-state index in [1.165, 1.54) is 0 Å². The van der Waals surface area contributed by atoms with E-state index < -0.39 is 20.0 Å². The number of benzene rings is 4. The summed E-state index contributed by atoms with van der Waals surface area (Å²) in [6.07, 6.45) is -0.765. The molecule has 0 atom stereocenters. The Balaban J connectivity index is 2.01. The fourth-order valence-corrected chi connectivity index (χ4v) is 8.44. The van der Waals surface area contributed by atoms with Crippen molar-refractivity contribution in [2.75, 3.05) is 14.2 Å². The van der Waals surface area contributed by atoms with Crippen molar-refractivity contribution in [1.82, 2.24) is 0 Å². The number of methoxy groups -OCH3 is 2. The van der Waals surface area contributed by atoms with E-state index in [4.69, 9.17) is 31.9 Å². The molecule has 0 saturated heterocycles. The Kier molecular flexibility index (Phi) is 12.5. The van der Waals surface area contributed by atoms with Gasteiger partial charge in [0.05, 0.1) is 14.2 Å². The molecule has 5 rings (SSSR count). The van der Waals surface area contributed by atoms with Gasteiger partial charge in [-0.25, -0.2) is 4.79 Å². The highest BCUT2D eigenvalue weighted by Gasteiger charge is 2.31. The first-order chi connectivity index (χ1) is 26.8. The van der Waals surface area contributed by atoms with Crippen LogP contribution in [-0.4, -0.2) is 26.0 Å². The molecular formula is C49H65O8P. The first-order valence-electron chi connectivity index (χ1n) is 20.3. The van der Waals surface area contributed by atoms with Crippen molar-refractivity contribution in [3.8, 4) is 34.1 Å². The van der Waals surface area contributed by atoms with Crippen LogP contribution in [0, 0.1) is 27.7 Å². The van der Waals surface area contributed by atoms with Gasteiger partial charge in [-0.1, -0.05) is 81.4 Å². The Labute approximate surface area is 347 Å². The summed E-state index contributed by atoms with van der Waals surface area (Å²) < 4.78 is 45.4. The Morgan fingerprint density at radius 1 is 0.603 bits per heavy atom. The Bertz CT molecular complexity index is 2330. The topological polar surface area (TPSA) is 89.5 Å². The van der Waals surface area contributed by atoms with Crippen molar-refractivity contribution < 1.29 is 36.7 Å². The fourth-order valence-electron chi connectivity index (χ4n) is 7.29. The molecule has 5 aromatic rings. The van der Waals surface area contributed by atoms with Crippen molar-refractivity contribution in [2.24, 2.45) is 0 Å². The predicted octanol–water partition coefficient (Wildman–Crippen LogP) is 15.2. The molecule has 0 N–H and O–H groups in total. The SMILES string of the molecule is COc1cc(C(C)(C)C)c2op(Oc3c(C(C)C)cc(C)c(C)c3-c3c(C)c(C)cc(C(C)C)c3OC(=O)OC(C)(C)C)oc3c(C(C)(C)C)cc(OC)cc3c2c1. The Morgan fingerprint density at radius 3 is 1.36 bits per heavy atom. The van der Waals surface area contributed by atoms with Crippen LogP contribution in [0.2, 0.25) is 0 Å². The van der Waals surface area contributed by atoms with Gasteiger partial charge in [-0.2, -0.15) is 0 Å². The smallest absolute Gasteiger partial charge is 0.497 e. The average molecular weight is 813 g/mol. The van der Waals surface area contributed by atoms with Crippen molar-refractivity contribution in [2.45, 2.75) is 146 Å². The molecule has 0 spiro atoms. The number of aryl methyl sites for hydroxylation is 2. The van der Waals surface area contributed by atoms with Crippen molar-refractivity contribution in [3.05, 3.63) is 80.9 Å². The lowest BCUT2D eigenvalue weighted by atomic mass is 9.84. The second-order valence-electron chi connectivity index (χ2n) is 19.2. The summed E-state index contributed by atoms with van der Waals surface area (Å²) in [5, 5.41) is 1.65. The third-order valence-electron chi connectivity index (χ3n) is 10.7. The van der Waals surface area contributed by atoms with E-state index >= 15 is 0 Å². The molecule has 0 radical (unpaired) electrons. The second kappa shape index (κ2) is 16.2. The Hall–Kier alpha value is -4.55. The zero-order chi connectivity index (χ0) is 43.4. The number of fused-ring (bicyclic) bond motifs is 3. The molecule has 8 nitrogen and oxygen atoms in total. The minimum atomic E-state index is -2.17. The van der Waals surface area contributed by atoms with E-state index in [0.29, 0.717) is 34.2 Å². The molecule has 0 saturated carbocycles. The summed E-state index contributed by atoms with van der Waals surface area (Å²) >= 11 is 0. The van der Waals surface area contributed by atoms with Gasteiger partial charge in [0.2, 0.25) is 0 Å². The van der Waals surface area contributed by atoms with Gasteiger partial charge in [0.15, 0.2) is 0 Å². The summed E-state index contributed by atoms with van der Waals surface area (Å²) in [6.45, 7) is 35.3. The van der Waals surface area contributed by atoms with Gasteiger partial charge in [-0.3, -0.25) is 0 Å². The minimum absolute atomic E-state index is 0.0288. The van der Waals surface area contributed by atoms with E-state index in [0.717, 1.165) is 66.4 Å². The number of rotatable bonds is 8. The lowest BCUT2D eigenvalue weighted by Crippen LogP contribution is -2.26. The molecule has 1 aromatic heterocycles. The highest BCUT2D eigenvalue weighted by molar-refractivity contribution is 7.32. The lowest BCUT2D eigenvalue weighted by molar-refractivity contribution is 0.0205. The molecule has 9 heteroatoms. The monoisotopic (exact) mass is 812 g/mol. The van der Waals surface area contributed by atoms with Crippen molar-refractivity contribution in [3.63, 3.8) is 0 Å². The van der Waals surface area contributed by atoms with E-state index in [2.05, 4.69) is 109 Å². The quantitative estimate of drug-likeness (QED) is 0.113. The van der Waals surface area contributed by atoms with E-state index in [9.17, 15) is 4.79 Å². The third-order valence-corrected chi connectivity index (χ3v) is 11.7. The molecule has 58 heavy (non-hydrogen) atoms. The van der Waals surface area contributed by atoms with Crippen LogP contribution in [0.3, 0.4) is 0 Å². The molecule has 0 amide bonds. The first kappa shape index (κ1) is 44.6. The standard InChI is InChI=1S/C49H65O8P/c1-26(2)34-20-28(5)30(7)40(44(34)53-46(50)54-49(15,16)17)41-31(8)29(6)21-35(27(3)4)45(41)57-58-55-42-36(22-32(51-18)24-38(42)47(9,10)11)37-23-33(52-19)25-39(43(37)56-58)48(12,13)14/h20-27H,1-19H3. The molecular weight excluding hydrogens is 748 g/mol. The molecule has 0 unspecified atom stereocenters. The first-order valence-corrected chi connectivity index (χ1v) is 21.4. The number of hydrogen-bond donors (Lipinski definition) is 0. The van der Waals surface area contributed by atoms with Crippen LogP contribution in [0.25, 0.3) is 33.1 Å². The fraction of sp³-hybridized carbons (Fsp3) is 0.490. The summed E-state index contributed by atoms with van der Waals surface area (Å²) in [4.78, 5) is 13.6. The van der Waals surface area contributed by atoms with Gasteiger partial charge in [0, 0.05) is 33.0 Å². The van der Waals surface area contributed by atoms with Crippen molar-refractivity contribution in [1.29, 1.82) is 0 Å². The van der Waals surface area contributed by atoms with Crippen LogP contribution in [-0.2, 0) is 15.6 Å². The van der Waals surface area contributed by atoms with E-state index in [1.807, 2.05) is 45.0 Å². The molecule has 314 valence electrons. The maximum Gasteiger partial charge on any atom is 0.514 e. The molecule has 0 bridgehead atoms. The van der Waals surface area contributed by atoms with Crippen LogP contribution < -0.4 is 18.7 Å². The predicted molar refractivity (Wildman–Crippen MR) is 239 cm³/mol. The van der Waals surface area contributed by atoms with Crippen LogP contribution in [0.4, 0.5) is 4.79 Å². The number of carbonyl (C=O) groups is 1. The van der Waals surface area contributed by atoms with Gasteiger partial charge in [0.1, 0.15) is 39.8 Å². The highest BCUT2D eigenvalue weighted by atomic mass is 31.1. The third kappa shape index (κ3) is 9.03. The average Bonchev–Trinajstić information content (AvgIpc) is 3.25. The minimum Gasteiger partial charge on any atom is -0.497 e. The largest absolute Gasteiger partial charge is 0.514 e. The van der Waals surface area contributed by atoms with Gasteiger partial charge < -0.3 is 31.9 Å². The van der Waals surface area contributed by atoms with Crippen LogP contribution in [0.1, 0.15) is 146 Å². The van der Waals surface area contributed by atoms with Crippen molar-refractivity contribution >= 4 is 36.3 Å². The second-order valence-corrected chi connectivity index (χ2v) is 20.2. The number of ether oxygens (including phenoxy) is 4. The molecule has 0 aliphatic heterocycles. The summed E-state index contributed by atoms with van der Waals surface area (Å²) in [5.41, 5.74) is 9.34. The molecule has 1 heterocycles. The number of carbonyl (C=O) groups excluding carboxylic acids is 1. The maximum atomic E-state index is 13.6. The zero-order valence-electron chi connectivity index (χ0n) is 38.3. The van der Waals surface area contributed by atoms with Crippen LogP contribution in [0.5, 0.6) is 23.0 Å². The molecule has 0 aliphatic carbocycles. The van der Waals surface area contributed by atoms with Gasteiger partial charge in [0.25, 0.3) is 0 Å². The van der Waals surface area contributed by atoms with Gasteiger partial charge in [-0.15, -0.1) is 0 Å². The van der Waals surface area contributed by atoms with Crippen LogP contribution in [0.15, 0.2) is 44.8 Å². The maximum absolute atomic E-state index is 13.6. The molecule has 0 aliphatic rings. The summed E-state index contributed by atoms with van der Waals surface area (Å²) in [5.74, 6) is 2.55. The van der Waals surface area contributed by atoms with E-state index in [-0.39, 0.29) is 22.7 Å². The number of hydrogen-bond acceptors (Lipinski definition) is 8. The lowest BCUT2D eigenvalue weighted by Gasteiger charge is -2.27.